The summed E-state index contributed by atoms with van der Waals surface area (Å²) in [4.78, 5) is 0. The third kappa shape index (κ3) is 3.17. The topological polar surface area (TPSA) is 0 Å². The van der Waals surface area contributed by atoms with Gasteiger partial charge in [-0.2, -0.15) is 0 Å². The Hall–Kier alpha value is -5.72. The lowest BCUT2D eigenvalue weighted by Gasteiger charge is -2.19. The van der Waals surface area contributed by atoms with Crippen LogP contribution in [0.3, 0.4) is 0 Å². The van der Waals surface area contributed by atoms with Crippen LogP contribution >= 0.6 is 0 Å². The van der Waals surface area contributed by atoms with E-state index in [1.54, 1.807) is 0 Å². The van der Waals surface area contributed by atoms with Gasteiger partial charge in [0.2, 0.25) is 0 Å². The highest BCUT2D eigenvalue weighted by atomic mass is 14.3. The highest BCUT2D eigenvalue weighted by Crippen LogP contribution is 2.50. The van der Waals surface area contributed by atoms with Gasteiger partial charge < -0.3 is 0 Å². The van der Waals surface area contributed by atoms with E-state index in [9.17, 15) is 0 Å². The van der Waals surface area contributed by atoms with E-state index in [-0.39, 0.29) is 0 Å². The zero-order valence-electron chi connectivity index (χ0n) is 24.0. The minimum absolute atomic E-state index is 1.26. The Balaban J connectivity index is 1.29. The molecule has 0 atom stereocenters. The van der Waals surface area contributed by atoms with Crippen LogP contribution in [0.25, 0.3) is 98.4 Å². The summed E-state index contributed by atoms with van der Waals surface area (Å²) in [5.74, 6) is 0. The Morgan fingerprint density at radius 3 is 1.52 bits per heavy atom. The van der Waals surface area contributed by atoms with Crippen LogP contribution in [0.1, 0.15) is 0 Å². The minimum Gasteiger partial charge on any atom is -0.0616 e. The van der Waals surface area contributed by atoms with Crippen molar-refractivity contribution in [1.29, 1.82) is 0 Å². The lowest BCUT2D eigenvalue weighted by Crippen LogP contribution is -1.92. The summed E-state index contributed by atoms with van der Waals surface area (Å²) < 4.78 is 0. The molecule has 0 saturated carbocycles. The Bertz CT molecular complexity index is 2590. The molecule has 0 bridgehead atoms. The summed E-state index contributed by atoms with van der Waals surface area (Å²) >= 11 is 0. The maximum absolute atomic E-state index is 2.43. The van der Waals surface area contributed by atoms with Crippen LogP contribution in [0, 0.1) is 0 Å². The zero-order chi connectivity index (χ0) is 28.8. The van der Waals surface area contributed by atoms with Crippen molar-refractivity contribution < 1.29 is 0 Å². The van der Waals surface area contributed by atoms with E-state index in [1.807, 2.05) is 0 Å². The Labute approximate surface area is 255 Å². The number of benzene rings is 9. The van der Waals surface area contributed by atoms with Crippen molar-refractivity contribution in [2.24, 2.45) is 0 Å². The molecule has 1 aliphatic carbocycles. The molecule has 0 heterocycles. The Morgan fingerprint density at radius 1 is 0.250 bits per heavy atom. The van der Waals surface area contributed by atoms with Gasteiger partial charge in [0.25, 0.3) is 0 Å². The minimum atomic E-state index is 1.26. The van der Waals surface area contributed by atoms with Crippen LogP contribution < -0.4 is 0 Å². The predicted octanol–water partition coefficient (Wildman–Crippen LogP) is 12.4. The summed E-state index contributed by atoms with van der Waals surface area (Å²) in [6.45, 7) is 0. The third-order valence-corrected chi connectivity index (χ3v) is 9.78. The molecule has 9 aromatic rings. The first kappa shape index (κ1) is 23.8. The summed E-state index contributed by atoms with van der Waals surface area (Å²) in [5, 5.41) is 13.0. The van der Waals surface area contributed by atoms with Gasteiger partial charge >= 0.3 is 0 Å². The number of rotatable bonds is 2. The molecule has 1 aliphatic rings. The molecule has 9 aromatic carbocycles. The molecule has 0 heteroatoms. The van der Waals surface area contributed by atoms with Crippen molar-refractivity contribution in [2.45, 2.75) is 0 Å². The number of hydrogen-bond acceptors (Lipinski definition) is 0. The average molecular weight is 555 g/mol. The van der Waals surface area contributed by atoms with Crippen molar-refractivity contribution in [3.05, 3.63) is 158 Å². The SMILES string of the molecule is c1cc2c3c(cccc3c1)-c1cc(-c3c4ccccc4c(-c4cccc5c4ccc4ccccc45)c4ccccc34)ccc1-2. The van der Waals surface area contributed by atoms with E-state index in [4.69, 9.17) is 0 Å². The van der Waals surface area contributed by atoms with Crippen molar-refractivity contribution in [3.63, 3.8) is 0 Å². The monoisotopic (exact) mass is 554 g/mol. The van der Waals surface area contributed by atoms with Gasteiger partial charge in [0, 0.05) is 0 Å². The number of fused-ring (bicyclic) bond motifs is 8. The molecule has 44 heavy (non-hydrogen) atoms. The second-order valence-electron chi connectivity index (χ2n) is 12.0. The summed E-state index contributed by atoms with van der Waals surface area (Å²) in [6.07, 6.45) is 0. The predicted molar refractivity (Wildman–Crippen MR) is 189 cm³/mol. The average Bonchev–Trinajstić information content (AvgIpc) is 3.41. The maximum Gasteiger partial charge on any atom is -0.00201 e. The molecule has 0 nitrogen and oxygen atoms in total. The quantitative estimate of drug-likeness (QED) is 0.147. The second kappa shape index (κ2) is 8.89. The number of hydrogen-bond donors (Lipinski definition) is 0. The van der Waals surface area contributed by atoms with Crippen LogP contribution in [0.5, 0.6) is 0 Å². The second-order valence-corrected chi connectivity index (χ2v) is 12.0. The van der Waals surface area contributed by atoms with E-state index in [0.29, 0.717) is 0 Å². The van der Waals surface area contributed by atoms with E-state index in [2.05, 4.69) is 158 Å². The van der Waals surface area contributed by atoms with Crippen LogP contribution in [0.4, 0.5) is 0 Å². The van der Waals surface area contributed by atoms with Gasteiger partial charge in [-0.15, -0.1) is 0 Å². The molecule has 202 valence electrons. The maximum atomic E-state index is 2.43. The van der Waals surface area contributed by atoms with Crippen molar-refractivity contribution in [2.75, 3.05) is 0 Å². The fourth-order valence-electron chi connectivity index (χ4n) is 7.94. The summed E-state index contributed by atoms with van der Waals surface area (Å²) in [5.41, 5.74) is 10.5. The molecule has 0 N–H and O–H groups in total. The van der Waals surface area contributed by atoms with Crippen molar-refractivity contribution in [3.8, 4) is 44.5 Å². The van der Waals surface area contributed by atoms with Crippen molar-refractivity contribution in [1.82, 2.24) is 0 Å². The van der Waals surface area contributed by atoms with Crippen LogP contribution in [-0.4, -0.2) is 0 Å². The lowest BCUT2D eigenvalue weighted by molar-refractivity contribution is 1.66. The highest BCUT2D eigenvalue weighted by molar-refractivity contribution is 6.25. The molecule has 0 fully saturated rings. The molecule has 0 spiro atoms. The van der Waals surface area contributed by atoms with Crippen molar-refractivity contribution >= 4 is 53.9 Å². The molecular weight excluding hydrogens is 528 g/mol. The van der Waals surface area contributed by atoms with Gasteiger partial charge in [-0.25, -0.2) is 0 Å². The molecule has 0 radical (unpaired) electrons. The lowest BCUT2D eigenvalue weighted by atomic mass is 9.84. The van der Waals surface area contributed by atoms with Crippen LogP contribution in [-0.2, 0) is 0 Å². The van der Waals surface area contributed by atoms with Gasteiger partial charge in [-0.1, -0.05) is 152 Å². The fourth-order valence-corrected chi connectivity index (χ4v) is 7.94. The molecule has 0 amide bonds. The van der Waals surface area contributed by atoms with E-state index in [0.717, 1.165) is 0 Å². The summed E-state index contributed by atoms with van der Waals surface area (Å²) in [7, 11) is 0. The van der Waals surface area contributed by atoms with Gasteiger partial charge in [-0.3, -0.25) is 0 Å². The zero-order valence-corrected chi connectivity index (χ0v) is 24.0. The largest absolute Gasteiger partial charge is 0.0616 e. The third-order valence-electron chi connectivity index (χ3n) is 9.78. The molecule has 0 aliphatic heterocycles. The highest BCUT2D eigenvalue weighted by Gasteiger charge is 2.23. The van der Waals surface area contributed by atoms with Gasteiger partial charge in [0.1, 0.15) is 0 Å². The first-order valence-electron chi connectivity index (χ1n) is 15.4. The van der Waals surface area contributed by atoms with Gasteiger partial charge in [-0.05, 0) is 104 Å². The molecular formula is C44H26. The Morgan fingerprint density at radius 2 is 0.795 bits per heavy atom. The standard InChI is InChI=1S/C44H26/c1-2-13-30-27(10-1)22-24-32-31(30)18-9-21-35(32)44-38-16-5-3-14-36(38)43(37-15-4-6-17-39(37)44)29-23-25-33-34-19-7-11-28-12-8-20-40(42(28)34)41(33)26-29/h1-26H. The molecule has 0 aromatic heterocycles. The van der Waals surface area contributed by atoms with E-state index < -0.39 is 0 Å². The van der Waals surface area contributed by atoms with E-state index in [1.165, 1.54) is 98.4 Å². The van der Waals surface area contributed by atoms with Crippen LogP contribution in [0.2, 0.25) is 0 Å². The molecule has 10 rings (SSSR count). The Kier molecular flexibility index (Phi) is 4.81. The van der Waals surface area contributed by atoms with Gasteiger partial charge in [0.15, 0.2) is 0 Å². The first-order valence-corrected chi connectivity index (χ1v) is 15.4. The summed E-state index contributed by atoms with van der Waals surface area (Å²) in [6, 6.07) is 58.5. The van der Waals surface area contributed by atoms with Gasteiger partial charge in [0.05, 0.1) is 0 Å². The van der Waals surface area contributed by atoms with Crippen LogP contribution in [0.15, 0.2) is 158 Å². The van der Waals surface area contributed by atoms with E-state index >= 15 is 0 Å². The molecule has 0 unspecified atom stereocenters. The molecule has 0 saturated heterocycles. The first-order chi connectivity index (χ1) is 21.8. The smallest absolute Gasteiger partial charge is 0.00201 e. The fraction of sp³-hybridized carbons (Fsp3) is 0. The normalized spacial score (nSPS) is 12.1.